The second-order valence-corrected chi connectivity index (χ2v) is 7.38. The van der Waals surface area contributed by atoms with Gasteiger partial charge in [0.15, 0.2) is 5.11 Å². The summed E-state index contributed by atoms with van der Waals surface area (Å²) < 4.78 is 19.4. The Morgan fingerprint density at radius 1 is 1.07 bits per heavy atom. The summed E-state index contributed by atoms with van der Waals surface area (Å²) in [6.45, 7) is 8.05. The lowest BCUT2D eigenvalue weighted by Crippen LogP contribution is -2.47. The van der Waals surface area contributed by atoms with Crippen LogP contribution in [0.1, 0.15) is 13.3 Å². The second-order valence-electron chi connectivity index (χ2n) is 6.97. The van der Waals surface area contributed by atoms with Gasteiger partial charge in [0.1, 0.15) is 11.6 Å². The van der Waals surface area contributed by atoms with Gasteiger partial charge in [-0.2, -0.15) is 0 Å². The van der Waals surface area contributed by atoms with Crippen LogP contribution < -0.4 is 20.3 Å². The molecule has 0 bridgehead atoms. The van der Waals surface area contributed by atoms with Crippen LogP contribution in [-0.2, 0) is 0 Å². The van der Waals surface area contributed by atoms with Crippen LogP contribution in [0.3, 0.4) is 0 Å². The number of nitrogens with zero attached hydrogens (tertiary/aromatic N) is 2. The van der Waals surface area contributed by atoms with Crippen LogP contribution >= 0.6 is 12.2 Å². The van der Waals surface area contributed by atoms with E-state index in [0.29, 0.717) is 17.4 Å². The summed E-state index contributed by atoms with van der Waals surface area (Å²) >= 11 is 5.36. The number of nitrogens with one attached hydrogen (secondary N) is 2. The SMILES string of the molecule is CCOc1ccc(NC(=S)NCCCN2CCN(c3ccccc3F)CC2)cc1. The number of anilines is 2. The third kappa shape index (κ3) is 6.58. The number of hydrogen-bond acceptors (Lipinski definition) is 4. The Labute approximate surface area is 177 Å². The fourth-order valence-electron chi connectivity index (χ4n) is 3.40. The predicted octanol–water partition coefficient (Wildman–Crippen LogP) is 3.72. The van der Waals surface area contributed by atoms with Gasteiger partial charge in [0.2, 0.25) is 0 Å². The molecule has 2 aromatic rings. The van der Waals surface area contributed by atoms with Crippen LogP contribution in [0, 0.1) is 5.82 Å². The number of benzene rings is 2. The number of para-hydroxylation sites is 1. The number of thiocarbonyl (C=S) groups is 1. The molecule has 1 saturated heterocycles. The Balaban J connectivity index is 1.31. The van der Waals surface area contributed by atoms with Gasteiger partial charge in [0.25, 0.3) is 0 Å². The van der Waals surface area contributed by atoms with E-state index in [2.05, 4.69) is 20.4 Å². The van der Waals surface area contributed by atoms with Crippen LogP contribution in [0.5, 0.6) is 5.75 Å². The molecule has 1 heterocycles. The Bertz CT molecular complexity index is 779. The second kappa shape index (κ2) is 11.0. The molecule has 3 rings (SSSR count). The smallest absolute Gasteiger partial charge is 0.170 e. The van der Waals surface area contributed by atoms with Gasteiger partial charge >= 0.3 is 0 Å². The minimum Gasteiger partial charge on any atom is -0.494 e. The molecular formula is C22H29FN4OS. The van der Waals surface area contributed by atoms with Crippen LogP contribution in [0.15, 0.2) is 48.5 Å². The van der Waals surface area contributed by atoms with Crippen molar-refractivity contribution >= 4 is 28.7 Å². The molecule has 0 aliphatic carbocycles. The maximum Gasteiger partial charge on any atom is 0.170 e. The lowest BCUT2D eigenvalue weighted by Gasteiger charge is -2.36. The first-order valence-corrected chi connectivity index (χ1v) is 10.6. The van der Waals surface area contributed by atoms with E-state index in [-0.39, 0.29) is 5.82 Å². The lowest BCUT2D eigenvalue weighted by atomic mass is 10.2. The third-order valence-electron chi connectivity index (χ3n) is 4.93. The van der Waals surface area contributed by atoms with Crippen molar-refractivity contribution in [3.05, 3.63) is 54.3 Å². The number of halogens is 1. The summed E-state index contributed by atoms with van der Waals surface area (Å²) in [5.74, 6) is 0.714. The number of piperazine rings is 1. The Hall–Kier alpha value is -2.38. The Kier molecular flexibility index (Phi) is 8.07. The molecule has 1 aliphatic heterocycles. The molecule has 0 aromatic heterocycles. The van der Waals surface area contributed by atoms with Gasteiger partial charge in [-0.25, -0.2) is 4.39 Å². The molecule has 0 atom stereocenters. The van der Waals surface area contributed by atoms with Gasteiger partial charge in [-0.05, 0) is 68.5 Å². The minimum absolute atomic E-state index is 0.140. The zero-order valence-corrected chi connectivity index (χ0v) is 17.7. The Morgan fingerprint density at radius 2 is 1.79 bits per heavy atom. The molecule has 1 aliphatic rings. The van der Waals surface area contributed by atoms with Gasteiger partial charge in [-0.3, -0.25) is 4.90 Å². The molecule has 29 heavy (non-hydrogen) atoms. The van der Waals surface area contributed by atoms with Gasteiger partial charge in [-0.1, -0.05) is 12.1 Å². The quantitative estimate of drug-likeness (QED) is 0.505. The van der Waals surface area contributed by atoms with Crippen molar-refractivity contribution in [2.24, 2.45) is 0 Å². The van der Waals surface area contributed by atoms with Crippen LogP contribution in [0.25, 0.3) is 0 Å². The highest BCUT2D eigenvalue weighted by Crippen LogP contribution is 2.20. The average Bonchev–Trinajstić information content (AvgIpc) is 2.74. The van der Waals surface area contributed by atoms with Crippen molar-refractivity contribution in [2.75, 3.05) is 56.1 Å². The van der Waals surface area contributed by atoms with E-state index in [1.807, 2.05) is 43.3 Å². The number of rotatable bonds is 8. The van der Waals surface area contributed by atoms with Crippen molar-refractivity contribution in [1.82, 2.24) is 10.2 Å². The maximum absolute atomic E-state index is 13.9. The van der Waals surface area contributed by atoms with Gasteiger partial charge in [0, 0.05) is 38.4 Å². The fraction of sp³-hybridized carbons (Fsp3) is 0.409. The number of hydrogen-bond donors (Lipinski definition) is 2. The molecule has 1 fully saturated rings. The first-order chi connectivity index (χ1) is 14.2. The van der Waals surface area contributed by atoms with E-state index in [9.17, 15) is 4.39 Å². The van der Waals surface area contributed by atoms with Crippen molar-refractivity contribution in [3.8, 4) is 5.75 Å². The van der Waals surface area contributed by atoms with Gasteiger partial charge in [0.05, 0.1) is 12.3 Å². The molecule has 5 nitrogen and oxygen atoms in total. The maximum atomic E-state index is 13.9. The van der Waals surface area contributed by atoms with Gasteiger partial charge in [-0.15, -0.1) is 0 Å². The highest BCUT2D eigenvalue weighted by Gasteiger charge is 2.18. The van der Waals surface area contributed by atoms with E-state index in [1.54, 1.807) is 6.07 Å². The summed E-state index contributed by atoms with van der Waals surface area (Å²) in [5.41, 5.74) is 1.65. The summed E-state index contributed by atoms with van der Waals surface area (Å²) in [6, 6.07) is 14.8. The van der Waals surface area contributed by atoms with E-state index in [4.69, 9.17) is 17.0 Å². The average molecular weight is 417 g/mol. The minimum atomic E-state index is -0.140. The monoisotopic (exact) mass is 416 g/mol. The first-order valence-electron chi connectivity index (χ1n) is 10.2. The summed E-state index contributed by atoms with van der Waals surface area (Å²) in [6.07, 6.45) is 1.00. The molecule has 0 spiro atoms. The van der Waals surface area contributed by atoms with E-state index in [0.717, 1.165) is 57.1 Å². The largest absolute Gasteiger partial charge is 0.494 e. The van der Waals surface area contributed by atoms with Crippen LogP contribution in [0.4, 0.5) is 15.8 Å². The lowest BCUT2D eigenvalue weighted by molar-refractivity contribution is 0.255. The molecular weight excluding hydrogens is 387 g/mol. The van der Waals surface area contributed by atoms with Crippen molar-refractivity contribution in [1.29, 1.82) is 0 Å². The summed E-state index contributed by atoms with van der Waals surface area (Å²) in [5, 5.41) is 7.07. The molecule has 0 unspecified atom stereocenters. The molecule has 2 aromatic carbocycles. The molecule has 0 radical (unpaired) electrons. The summed E-state index contributed by atoms with van der Waals surface area (Å²) in [7, 11) is 0. The molecule has 156 valence electrons. The van der Waals surface area contributed by atoms with Crippen LogP contribution in [0.2, 0.25) is 0 Å². The highest BCUT2D eigenvalue weighted by atomic mass is 32.1. The van der Waals surface area contributed by atoms with E-state index >= 15 is 0 Å². The topological polar surface area (TPSA) is 39.8 Å². The zero-order chi connectivity index (χ0) is 20.5. The zero-order valence-electron chi connectivity index (χ0n) is 16.9. The molecule has 0 amide bonds. The van der Waals surface area contributed by atoms with E-state index in [1.165, 1.54) is 6.07 Å². The third-order valence-corrected chi connectivity index (χ3v) is 5.17. The highest BCUT2D eigenvalue weighted by molar-refractivity contribution is 7.80. The van der Waals surface area contributed by atoms with Crippen LogP contribution in [-0.4, -0.2) is 55.9 Å². The molecule has 0 saturated carbocycles. The summed E-state index contributed by atoms with van der Waals surface area (Å²) in [4.78, 5) is 4.54. The van der Waals surface area contributed by atoms with Gasteiger partial charge < -0.3 is 20.3 Å². The first kappa shape index (κ1) is 21.3. The fourth-order valence-corrected chi connectivity index (χ4v) is 3.62. The normalized spacial score (nSPS) is 14.5. The van der Waals surface area contributed by atoms with Crippen molar-refractivity contribution < 1.29 is 9.13 Å². The van der Waals surface area contributed by atoms with E-state index < -0.39 is 0 Å². The molecule has 2 N–H and O–H groups in total. The van der Waals surface area contributed by atoms with Crippen molar-refractivity contribution in [3.63, 3.8) is 0 Å². The standard InChI is InChI=1S/C22H29FN4OS/c1-2-28-19-10-8-18(9-11-19)25-22(29)24-12-5-13-26-14-16-27(17-15-26)21-7-4-3-6-20(21)23/h3-4,6-11H,2,5,12-17H2,1H3,(H2,24,25,29). The van der Waals surface area contributed by atoms with Crippen molar-refractivity contribution in [2.45, 2.75) is 13.3 Å². The number of ether oxygens (including phenoxy) is 1. The predicted molar refractivity (Wildman–Crippen MR) is 122 cm³/mol. The Morgan fingerprint density at radius 3 is 2.48 bits per heavy atom. The molecule has 7 heteroatoms.